The Hall–Kier alpha value is -4.11. The number of benzene rings is 2. The molecule has 1 saturated heterocycles. The number of nitrogens with two attached hydrogens (primary N) is 1. The molecule has 5 heterocycles. The molecule has 2 aromatic carbocycles. The van der Waals surface area contributed by atoms with Gasteiger partial charge in [-0.05, 0) is 49.9 Å². The van der Waals surface area contributed by atoms with E-state index in [4.69, 9.17) is 15.5 Å². The number of rotatable bonds is 2. The van der Waals surface area contributed by atoms with Gasteiger partial charge in [0.05, 0.1) is 31.1 Å². The summed E-state index contributed by atoms with van der Waals surface area (Å²) in [5, 5.41) is 5.87. The van der Waals surface area contributed by atoms with E-state index in [1.54, 1.807) is 7.11 Å². The Labute approximate surface area is 245 Å². The third-order valence-electron chi connectivity index (χ3n) is 8.85. The fourth-order valence-corrected chi connectivity index (χ4v) is 6.74. The van der Waals surface area contributed by atoms with E-state index >= 15 is 0 Å². The van der Waals surface area contributed by atoms with Crippen LogP contribution in [0.5, 0.6) is 5.75 Å². The van der Waals surface area contributed by atoms with Crippen molar-refractivity contribution in [3.05, 3.63) is 66.0 Å². The van der Waals surface area contributed by atoms with E-state index in [1.165, 1.54) is 30.2 Å². The van der Waals surface area contributed by atoms with Crippen molar-refractivity contribution in [1.29, 1.82) is 0 Å². The van der Waals surface area contributed by atoms with Gasteiger partial charge in [-0.15, -0.1) is 0 Å². The molecule has 2 aliphatic heterocycles. The zero-order valence-electron chi connectivity index (χ0n) is 24.3. The normalized spacial score (nSPS) is 18.3. The summed E-state index contributed by atoms with van der Waals surface area (Å²) in [5.74, 6) is 1.49. The van der Waals surface area contributed by atoms with Crippen LogP contribution in [0.1, 0.15) is 60.9 Å². The Kier molecular flexibility index (Phi) is 7.19. The van der Waals surface area contributed by atoms with Crippen LogP contribution in [0.4, 0.5) is 0 Å². The summed E-state index contributed by atoms with van der Waals surface area (Å²) in [6, 6.07) is 14.6. The summed E-state index contributed by atoms with van der Waals surface area (Å²) in [7, 11) is 1.67. The van der Waals surface area contributed by atoms with Crippen LogP contribution in [0, 0.1) is 0 Å². The highest BCUT2D eigenvalue weighted by molar-refractivity contribution is 6.00. The highest BCUT2D eigenvalue weighted by Crippen LogP contribution is 2.36. The number of methoxy groups -OCH3 is 1. The van der Waals surface area contributed by atoms with Gasteiger partial charge in [-0.25, -0.2) is 4.98 Å². The van der Waals surface area contributed by atoms with Crippen molar-refractivity contribution in [2.45, 2.75) is 70.6 Å². The number of likely N-dealkylation sites (tertiary alicyclic amines) is 1. The second-order valence-corrected chi connectivity index (χ2v) is 11.8. The first-order valence-electron chi connectivity index (χ1n) is 15.3. The molecule has 0 saturated carbocycles. The fraction of sp³-hybridized carbons (Fsp3) is 0.424. The summed E-state index contributed by atoms with van der Waals surface area (Å²) in [5.41, 5.74) is 11.8. The van der Waals surface area contributed by atoms with Gasteiger partial charge in [0, 0.05) is 60.4 Å². The van der Waals surface area contributed by atoms with Crippen molar-refractivity contribution in [1.82, 2.24) is 28.8 Å². The number of hydrogen-bond donors (Lipinski definition) is 1. The Morgan fingerprint density at radius 2 is 1.81 bits per heavy atom. The molecule has 7 rings (SSSR count). The first-order valence-corrected chi connectivity index (χ1v) is 15.3. The van der Waals surface area contributed by atoms with E-state index in [1.807, 2.05) is 23.2 Å². The molecule has 3 aromatic heterocycles. The van der Waals surface area contributed by atoms with Gasteiger partial charge in [-0.2, -0.15) is 5.10 Å². The van der Waals surface area contributed by atoms with Crippen LogP contribution < -0.4 is 10.5 Å². The van der Waals surface area contributed by atoms with E-state index in [2.05, 4.69) is 55.4 Å². The van der Waals surface area contributed by atoms with Crippen LogP contribution in [0.3, 0.4) is 0 Å². The van der Waals surface area contributed by atoms with Gasteiger partial charge >= 0.3 is 0 Å². The third-order valence-corrected chi connectivity index (χ3v) is 8.85. The zero-order chi connectivity index (χ0) is 28.6. The van der Waals surface area contributed by atoms with Gasteiger partial charge in [-0.3, -0.25) is 9.48 Å². The van der Waals surface area contributed by atoms with Gasteiger partial charge in [0.25, 0.3) is 5.91 Å². The molecule has 0 radical (unpaired) electrons. The fourth-order valence-electron chi connectivity index (χ4n) is 6.74. The summed E-state index contributed by atoms with van der Waals surface area (Å²) in [4.78, 5) is 20.8. The minimum absolute atomic E-state index is 0.0160. The number of aryl methyl sites for hydroxylation is 2. The number of piperidine rings is 1. The number of imidazole rings is 1. The zero-order valence-corrected chi connectivity index (χ0v) is 24.3. The number of carbonyl (C=O) groups is 1. The molecule has 0 spiro atoms. The Bertz CT molecular complexity index is 1750. The summed E-state index contributed by atoms with van der Waals surface area (Å²) < 4.78 is 12.7. The lowest BCUT2D eigenvalue weighted by atomic mass is 10.0. The minimum atomic E-state index is -0.0219. The molecule has 1 atom stereocenters. The Balaban J connectivity index is 1.42. The van der Waals surface area contributed by atoms with Crippen LogP contribution in [-0.4, -0.2) is 60.9 Å². The van der Waals surface area contributed by atoms with Crippen LogP contribution in [0.25, 0.3) is 33.5 Å². The molecule has 9 nitrogen and oxygen atoms in total. The predicted molar refractivity (Wildman–Crippen MR) is 165 cm³/mol. The lowest BCUT2D eigenvalue weighted by Crippen LogP contribution is -2.45. The van der Waals surface area contributed by atoms with Gasteiger partial charge in [0.2, 0.25) is 0 Å². The SMILES string of the molecule is COc1cc(C(=O)N2CCC[C@@H](N)C2)cc2nc3n(c12)Cc1cnn(c1)CCCCCCCn1c-3cc2ccccc21. The topological polar surface area (TPSA) is 96.1 Å². The van der Waals surface area contributed by atoms with E-state index in [0.29, 0.717) is 24.4 Å². The molecule has 2 aliphatic rings. The smallest absolute Gasteiger partial charge is 0.254 e. The maximum atomic E-state index is 13.6. The van der Waals surface area contributed by atoms with Gasteiger partial charge in [0.1, 0.15) is 11.3 Å². The molecule has 0 unspecified atom stereocenters. The first kappa shape index (κ1) is 26.8. The van der Waals surface area contributed by atoms with E-state index in [-0.39, 0.29) is 11.9 Å². The standard InChI is InChI=1S/C33H39N7O2/c1-42-30-18-25(33(41)37-13-9-11-26(34)22-37)16-27-31(30)40-21-23-19-35-38(20-23)14-7-3-2-4-8-15-39-28-12-6-5-10-24(28)17-29(39)32(40)36-27/h5-6,10,12,16-20,26H,2-4,7-9,11,13-15,21-22,34H2,1H3/t26-/m1/s1. The van der Waals surface area contributed by atoms with E-state index in [0.717, 1.165) is 73.4 Å². The molecule has 9 heteroatoms. The van der Waals surface area contributed by atoms with Crippen molar-refractivity contribution in [3.63, 3.8) is 0 Å². The molecule has 2 bridgehead atoms. The maximum absolute atomic E-state index is 13.6. The molecular weight excluding hydrogens is 526 g/mol. The lowest BCUT2D eigenvalue weighted by molar-refractivity contribution is 0.0708. The average molecular weight is 566 g/mol. The molecule has 218 valence electrons. The number of amides is 1. The summed E-state index contributed by atoms with van der Waals surface area (Å²) in [6.07, 6.45) is 11.8. The van der Waals surface area contributed by atoms with Crippen LogP contribution in [0.2, 0.25) is 0 Å². The van der Waals surface area contributed by atoms with Gasteiger partial charge in [-0.1, -0.05) is 37.5 Å². The van der Waals surface area contributed by atoms with Gasteiger partial charge < -0.3 is 24.5 Å². The Morgan fingerprint density at radius 1 is 0.976 bits per heavy atom. The molecule has 2 N–H and O–H groups in total. The largest absolute Gasteiger partial charge is 0.494 e. The number of fused-ring (bicyclic) bond motifs is 9. The number of carbonyl (C=O) groups excluding carboxylic acids is 1. The van der Waals surface area contributed by atoms with Gasteiger partial charge in [0.15, 0.2) is 5.82 Å². The highest BCUT2D eigenvalue weighted by Gasteiger charge is 2.26. The van der Waals surface area contributed by atoms with Crippen molar-refractivity contribution < 1.29 is 9.53 Å². The third kappa shape index (κ3) is 4.96. The predicted octanol–water partition coefficient (Wildman–Crippen LogP) is 5.44. The number of ether oxygens (including phenoxy) is 1. The van der Waals surface area contributed by atoms with Crippen molar-refractivity contribution in [3.8, 4) is 17.3 Å². The van der Waals surface area contributed by atoms with Crippen molar-refractivity contribution in [2.24, 2.45) is 5.73 Å². The minimum Gasteiger partial charge on any atom is -0.494 e. The summed E-state index contributed by atoms with van der Waals surface area (Å²) >= 11 is 0. The van der Waals surface area contributed by atoms with Crippen molar-refractivity contribution >= 4 is 27.8 Å². The van der Waals surface area contributed by atoms with Crippen molar-refractivity contribution in [2.75, 3.05) is 20.2 Å². The van der Waals surface area contributed by atoms with E-state index in [9.17, 15) is 4.79 Å². The molecular formula is C33H39N7O2. The molecule has 5 aromatic rings. The Morgan fingerprint density at radius 3 is 2.67 bits per heavy atom. The number of para-hydroxylation sites is 1. The monoisotopic (exact) mass is 565 g/mol. The molecule has 0 aliphatic carbocycles. The first-order chi connectivity index (χ1) is 20.6. The molecule has 1 amide bonds. The summed E-state index contributed by atoms with van der Waals surface area (Å²) in [6.45, 7) is 3.74. The van der Waals surface area contributed by atoms with E-state index < -0.39 is 0 Å². The maximum Gasteiger partial charge on any atom is 0.254 e. The highest BCUT2D eigenvalue weighted by atomic mass is 16.5. The lowest BCUT2D eigenvalue weighted by Gasteiger charge is -2.30. The van der Waals surface area contributed by atoms with Crippen LogP contribution in [-0.2, 0) is 19.6 Å². The van der Waals surface area contributed by atoms with Crippen LogP contribution >= 0.6 is 0 Å². The molecule has 1 fully saturated rings. The number of hydrogen-bond acceptors (Lipinski definition) is 5. The second-order valence-electron chi connectivity index (χ2n) is 11.8. The quantitative estimate of drug-likeness (QED) is 0.308. The second kappa shape index (κ2) is 11.3. The average Bonchev–Trinajstić information content (AvgIpc) is 3.71. The number of aromatic nitrogens is 5. The number of nitrogens with zero attached hydrogens (tertiary/aromatic N) is 6. The van der Waals surface area contributed by atoms with Crippen LogP contribution in [0.15, 0.2) is 54.9 Å². The molecule has 42 heavy (non-hydrogen) atoms.